The molecule has 3 aromatic carbocycles. The first kappa shape index (κ1) is 28.0. The Hall–Kier alpha value is -4.52. The van der Waals surface area contributed by atoms with E-state index in [0.717, 1.165) is 11.3 Å². The maximum atomic E-state index is 13.4. The number of rotatable bonds is 9. The lowest BCUT2D eigenvalue weighted by molar-refractivity contribution is -0.123. The van der Waals surface area contributed by atoms with Crippen LogP contribution in [0.1, 0.15) is 42.7 Å². The van der Waals surface area contributed by atoms with Gasteiger partial charge in [0.2, 0.25) is 5.91 Å². The lowest BCUT2D eigenvalue weighted by Gasteiger charge is -2.18. The zero-order chi connectivity index (χ0) is 28.6. The molecule has 6 nitrogen and oxygen atoms in total. The maximum Gasteiger partial charge on any atom is 0.227 e. The van der Waals surface area contributed by atoms with E-state index in [4.69, 9.17) is 9.26 Å². The van der Waals surface area contributed by atoms with Gasteiger partial charge in [-0.05, 0) is 92.6 Å². The van der Waals surface area contributed by atoms with Gasteiger partial charge in [0.05, 0.1) is 12.1 Å². The van der Waals surface area contributed by atoms with Crippen molar-refractivity contribution in [3.8, 4) is 11.5 Å². The second-order valence-electron chi connectivity index (χ2n) is 10.6. The van der Waals surface area contributed by atoms with Crippen LogP contribution >= 0.6 is 0 Å². The molecule has 1 aliphatic rings. The van der Waals surface area contributed by atoms with Gasteiger partial charge in [-0.25, -0.2) is 4.39 Å². The molecular formula is C34H33FN2O4. The number of anilines is 1. The van der Waals surface area contributed by atoms with Gasteiger partial charge in [0.25, 0.3) is 0 Å². The standard InChI is InChI=1S/C34H33FN2O4/c1-23-19-32(41-37-23)22-33(38)26-9-10-27(21-25(20-26)8-7-24-5-3-2-4-6-24)34(39)36-29-13-17-31(18-14-29)40-30-15-11-28(35)12-16-30/h2-8,11-19,25-27H,9-10,20-22H2,1H3,(H,36,39). The van der Waals surface area contributed by atoms with Crippen molar-refractivity contribution < 1.29 is 23.2 Å². The summed E-state index contributed by atoms with van der Waals surface area (Å²) in [7, 11) is 0. The number of allylic oxidation sites excluding steroid dienone is 1. The minimum absolute atomic E-state index is 0.0609. The van der Waals surface area contributed by atoms with Crippen LogP contribution in [0.4, 0.5) is 10.1 Å². The Bertz CT molecular complexity index is 1480. The van der Waals surface area contributed by atoms with Crippen LogP contribution in [0, 0.1) is 30.5 Å². The van der Waals surface area contributed by atoms with E-state index in [1.54, 1.807) is 42.5 Å². The molecule has 0 saturated heterocycles. The Balaban J connectivity index is 1.25. The van der Waals surface area contributed by atoms with Crippen molar-refractivity contribution in [1.82, 2.24) is 5.16 Å². The third-order valence-corrected chi connectivity index (χ3v) is 7.42. The monoisotopic (exact) mass is 552 g/mol. The van der Waals surface area contributed by atoms with Crippen LogP contribution in [0.3, 0.4) is 0 Å². The fraction of sp³-hybridized carbons (Fsp3) is 0.265. The highest BCUT2D eigenvalue weighted by molar-refractivity contribution is 5.92. The average molecular weight is 553 g/mol. The SMILES string of the molecule is Cc1cc(CC(=O)C2CCC(C(=O)Nc3ccc(Oc4ccc(F)cc4)cc3)CC(C=Cc3ccccc3)C2)on1. The van der Waals surface area contributed by atoms with Crippen molar-refractivity contribution in [3.05, 3.63) is 114 Å². The molecule has 1 fully saturated rings. The van der Waals surface area contributed by atoms with Crippen molar-refractivity contribution in [3.63, 3.8) is 0 Å². The molecular weight excluding hydrogens is 519 g/mol. The summed E-state index contributed by atoms with van der Waals surface area (Å²) in [4.78, 5) is 26.7. The number of nitrogens with zero attached hydrogens (tertiary/aromatic N) is 1. The Morgan fingerprint density at radius 1 is 0.951 bits per heavy atom. The van der Waals surface area contributed by atoms with Crippen LogP contribution in [-0.2, 0) is 16.0 Å². The highest BCUT2D eigenvalue weighted by Crippen LogP contribution is 2.35. The van der Waals surface area contributed by atoms with Crippen LogP contribution in [0.5, 0.6) is 11.5 Å². The Labute approximate surface area is 239 Å². The minimum Gasteiger partial charge on any atom is -0.457 e. The molecule has 1 amide bonds. The lowest BCUT2D eigenvalue weighted by atomic mass is 9.87. The Morgan fingerprint density at radius 2 is 1.61 bits per heavy atom. The van der Waals surface area contributed by atoms with Crippen molar-refractivity contribution in [2.24, 2.45) is 17.8 Å². The number of hydrogen-bond acceptors (Lipinski definition) is 5. The summed E-state index contributed by atoms with van der Waals surface area (Å²) in [5, 5.41) is 6.95. The summed E-state index contributed by atoms with van der Waals surface area (Å²) in [5.74, 6) is 1.10. The smallest absolute Gasteiger partial charge is 0.227 e. The van der Waals surface area contributed by atoms with E-state index in [1.165, 1.54) is 12.1 Å². The molecule has 0 radical (unpaired) electrons. The number of Topliss-reactive ketones (excluding diaryl/α,β-unsaturated/α-hetero) is 1. The first-order chi connectivity index (χ1) is 19.9. The Kier molecular flexibility index (Phi) is 9.04. The third-order valence-electron chi connectivity index (χ3n) is 7.42. The van der Waals surface area contributed by atoms with Crippen LogP contribution in [0.15, 0.2) is 95.5 Å². The van der Waals surface area contributed by atoms with E-state index in [0.29, 0.717) is 48.6 Å². The minimum atomic E-state index is -0.327. The number of carbonyl (C=O) groups excluding carboxylic acids is 2. The van der Waals surface area contributed by atoms with Gasteiger partial charge in [-0.3, -0.25) is 9.59 Å². The van der Waals surface area contributed by atoms with Crippen molar-refractivity contribution in [2.75, 3.05) is 5.32 Å². The number of benzene rings is 3. The molecule has 0 aliphatic heterocycles. The van der Waals surface area contributed by atoms with Gasteiger partial charge in [0, 0.05) is 23.6 Å². The number of halogens is 1. The van der Waals surface area contributed by atoms with E-state index < -0.39 is 0 Å². The van der Waals surface area contributed by atoms with Gasteiger partial charge >= 0.3 is 0 Å². The molecule has 1 heterocycles. The molecule has 210 valence electrons. The molecule has 1 aromatic heterocycles. The normalized spacial score (nSPS) is 19.0. The summed E-state index contributed by atoms with van der Waals surface area (Å²) < 4.78 is 24.2. The van der Waals surface area contributed by atoms with Gasteiger partial charge in [-0.2, -0.15) is 0 Å². The summed E-state index contributed by atoms with van der Waals surface area (Å²) in [5.41, 5.74) is 2.50. The van der Waals surface area contributed by atoms with Crippen LogP contribution in [0.25, 0.3) is 6.08 Å². The number of aryl methyl sites for hydroxylation is 1. The predicted octanol–water partition coefficient (Wildman–Crippen LogP) is 7.80. The van der Waals surface area contributed by atoms with Crippen molar-refractivity contribution in [1.29, 1.82) is 0 Å². The summed E-state index contributed by atoms with van der Waals surface area (Å²) >= 11 is 0. The molecule has 0 bridgehead atoms. The highest BCUT2D eigenvalue weighted by atomic mass is 19.1. The molecule has 4 aromatic rings. The molecule has 41 heavy (non-hydrogen) atoms. The topological polar surface area (TPSA) is 81.4 Å². The molecule has 1 saturated carbocycles. The quantitative estimate of drug-likeness (QED) is 0.214. The Morgan fingerprint density at radius 3 is 2.29 bits per heavy atom. The number of nitrogens with one attached hydrogen (secondary N) is 1. The zero-order valence-corrected chi connectivity index (χ0v) is 23.0. The fourth-order valence-corrected chi connectivity index (χ4v) is 5.27. The van der Waals surface area contributed by atoms with Gasteiger partial charge < -0.3 is 14.6 Å². The number of amides is 1. The maximum absolute atomic E-state index is 13.4. The zero-order valence-electron chi connectivity index (χ0n) is 23.0. The molecule has 1 aliphatic carbocycles. The summed E-state index contributed by atoms with van der Waals surface area (Å²) in [6.45, 7) is 1.84. The van der Waals surface area contributed by atoms with E-state index in [9.17, 15) is 14.0 Å². The largest absolute Gasteiger partial charge is 0.457 e. The number of hydrogen-bond donors (Lipinski definition) is 1. The molecule has 5 rings (SSSR count). The van der Waals surface area contributed by atoms with E-state index in [2.05, 4.69) is 22.6 Å². The first-order valence-corrected chi connectivity index (χ1v) is 13.9. The summed E-state index contributed by atoms with van der Waals surface area (Å²) in [6, 6.07) is 24.7. The summed E-state index contributed by atoms with van der Waals surface area (Å²) in [6.07, 6.45) is 7.04. The van der Waals surface area contributed by atoms with E-state index >= 15 is 0 Å². The lowest BCUT2D eigenvalue weighted by Crippen LogP contribution is -2.23. The molecule has 0 spiro atoms. The van der Waals surface area contributed by atoms with Gasteiger partial charge in [0.1, 0.15) is 28.9 Å². The number of ketones is 1. The van der Waals surface area contributed by atoms with Crippen LogP contribution < -0.4 is 10.1 Å². The number of carbonyl (C=O) groups is 2. The number of aromatic nitrogens is 1. The van der Waals surface area contributed by atoms with E-state index in [-0.39, 0.29) is 41.7 Å². The second-order valence-corrected chi connectivity index (χ2v) is 10.6. The van der Waals surface area contributed by atoms with Crippen molar-refractivity contribution >= 4 is 23.5 Å². The molecule has 7 heteroatoms. The van der Waals surface area contributed by atoms with Gasteiger partial charge in [0.15, 0.2) is 0 Å². The van der Waals surface area contributed by atoms with Crippen LogP contribution in [-0.4, -0.2) is 16.8 Å². The van der Waals surface area contributed by atoms with Crippen LogP contribution in [0.2, 0.25) is 0 Å². The molecule has 3 unspecified atom stereocenters. The van der Waals surface area contributed by atoms with Gasteiger partial charge in [-0.1, -0.05) is 47.6 Å². The number of ether oxygens (including phenoxy) is 1. The highest BCUT2D eigenvalue weighted by Gasteiger charge is 2.32. The van der Waals surface area contributed by atoms with Crippen molar-refractivity contribution in [2.45, 2.75) is 39.0 Å². The predicted molar refractivity (Wildman–Crippen MR) is 156 cm³/mol. The molecule has 1 N–H and O–H groups in total. The fourth-order valence-electron chi connectivity index (χ4n) is 5.27. The first-order valence-electron chi connectivity index (χ1n) is 13.9. The van der Waals surface area contributed by atoms with Gasteiger partial charge in [-0.15, -0.1) is 0 Å². The molecule has 3 atom stereocenters. The second kappa shape index (κ2) is 13.2. The van der Waals surface area contributed by atoms with E-state index in [1.807, 2.05) is 37.3 Å². The average Bonchev–Trinajstić information content (AvgIpc) is 3.26. The third kappa shape index (κ3) is 8.01.